The summed E-state index contributed by atoms with van der Waals surface area (Å²) in [6.45, 7) is 0. The van der Waals surface area contributed by atoms with Crippen LogP contribution in [0.25, 0.3) is 0 Å². The smallest absolute Gasteiger partial charge is 0.250 e. The van der Waals surface area contributed by atoms with Crippen molar-refractivity contribution in [2.24, 2.45) is 17.6 Å². The molecule has 6 nitrogen and oxygen atoms in total. The molecule has 0 unspecified atom stereocenters. The summed E-state index contributed by atoms with van der Waals surface area (Å²) < 4.78 is 0.695. The van der Waals surface area contributed by atoms with Crippen LogP contribution in [0.15, 0.2) is 34.2 Å². The predicted molar refractivity (Wildman–Crippen MR) is 121 cm³/mol. The number of aliphatic hydroxyl groups is 3. The normalized spacial score (nSPS) is 25.3. The van der Waals surface area contributed by atoms with Gasteiger partial charge in [-0.25, -0.2) is 0 Å². The second kappa shape index (κ2) is 12.5. The summed E-state index contributed by atoms with van der Waals surface area (Å²) in [5.74, 6) is -0.800. The van der Waals surface area contributed by atoms with Crippen molar-refractivity contribution in [1.29, 1.82) is 0 Å². The average molecular weight is 500 g/mol. The highest BCUT2D eigenvalue weighted by Gasteiger charge is 2.39. The zero-order valence-corrected chi connectivity index (χ0v) is 19.2. The Morgan fingerprint density at radius 2 is 2.07 bits per heavy atom. The van der Waals surface area contributed by atoms with Gasteiger partial charge >= 0.3 is 0 Å². The molecule has 1 saturated carbocycles. The summed E-state index contributed by atoms with van der Waals surface area (Å²) in [6.07, 6.45) is 10.7. The molecule has 1 fully saturated rings. The molecule has 5 N–H and O–H groups in total. The molecule has 0 saturated heterocycles. The third-order valence-corrected chi connectivity index (χ3v) is 7.32. The number of thiophene rings is 1. The van der Waals surface area contributed by atoms with E-state index in [9.17, 15) is 24.9 Å². The number of carbonyl (C=O) groups excluding carboxylic acids is 2. The molecule has 1 heterocycles. The van der Waals surface area contributed by atoms with E-state index in [1.54, 1.807) is 12.1 Å². The maximum atomic E-state index is 11.3. The summed E-state index contributed by atoms with van der Waals surface area (Å²) in [5.41, 5.74) is 5.77. The number of halogens is 1. The molecule has 2 rings (SSSR count). The predicted octanol–water partition coefficient (Wildman–Crippen LogP) is 3.13. The first-order chi connectivity index (χ1) is 14.3. The number of rotatable bonds is 12. The largest absolute Gasteiger partial charge is 0.393 e. The third-order valence-electron chi connectivity index (χ3n) is 5.43. The Morgan fingerprint density at radius 3 is 2.73 bits per heavy atom. The number of hydrogen-bond acceptors (Lipinski definition) is 6. The molecule has 0 aliphatic heterocycles. The van der Waals surface area contributed by atoms with Gasteiger partial charge < -0.3 is 25.8 Å². The number of unbranched alkanes of at least 4 members (excludes halogenated alkanes) is 2. The van der Waals surface area contributed by atoms with Crippen molar-refractivity contribution in [1.82, 2.24) is 0 Å². The second-order valence-corrected chi connectivity index (χ2v) is 10.1. The Morgan fingerprint density at radius 1 is 1.30 bits per heavy atom. The van der Waals surface area contributed by atoms with Crippen LogP contribution in [0.2, 0.25) is 0 Å². The molecule has 1 aliphatic carbocycles. The summed E-state index contributed by atoms with van der Waals surface area (Å²) in [5, 5.41) is 30.9. The molecule has 1 amide bonds. The standard InChI is InChI=1S/C22H30BrNO5S/c23-21-18(22(24)29)12-15(30-21)9-7-14(26)8-10-17-16(19(27)13-20(17)28)6-4-2-1-3-5-11-25/h2,4,8,10-12,14,16-17,19-20,26-28H,1,3,5-7,9,13H2,(H2,24,29)/b4-2-,10-8+/t14-,16+,17+,19-,20+/m0/s1. The number of aliphatic hydroxyl groups excluding tert-OH is 3. The molecule has 1 aliphatic rings. The number of aldehydes is 1. The lowest BCUT2D eigenvalue weighted by atomic mass is 9.89. The molecule has 0 radical (unpaired) electrons. The topological polar surface area (TPSA) is 121 Å². The summed E-state index contributed by atoms with van der Waals surface area (Å²) in [4.78, 5) is 22.6. The number of hydrogen-bond donors (Lipinski definition) is 4. The Kier molecular flexibility index (Phi) is 10.4. The van der Waals surface area contributed by atoms with Crippen LogP contribution in [0.3, 0.4) is 0 Å². The van der Waals surface area contributed by atoms with Crippen LogP contribution in [-0.4, -0.2) is 45.8 Å². The minimum Gasteiger partial charge on any atom is -0.393 e. The first kappa shape index (κ1) is 24.9. The van der Waals surface area contributed by atoms with E-state index in [2.05, 4.69) is 15.9 Å². The maximum Gasteiger partial charge on any atom is 0.250 e. The van der Waals surface area contributed by atoms with Gasteiger partial charge in [-0.15, -0.1) is 11.3 Å². The van der Waals surface area contributed by atoms with Gasteiger partial charge in [-0.2, -0.15) is 0 Å². The third kappa shape index (κ3) is 7.42. The van der Waals surface area contributed by atoms with Crippen molar-refractivity contribution in [3.05, 3.63) is 44.6 Å². The number of aryl methyl sites for hydroxylation is 1. The Bertz CT molecular complexity index is 763. The van der Waals surface area contributed by atoms with Gasteiger partial charge in [0, 0.05) is 23.6 Å². The van der Waals surface area contributed by atoms with E-state index in [1.165, 1.54) is 11.3 Å². The van der Waals surface area contributed by atoms with Gasteiger partial charge in [0.25, 0.3) is 5.91 Å². The van der Waals surface area contributed by atoms with Gasteiger partial charge in [0.1, 0.15) is 6.29 Å². The van der Waals surface area contributed by atoms with Crippen LogP contribution in [0.4, 0.5) is 0 Å². The molecule has 0 aromatic carbocycles. The first-order valence-corrected chi connectivity index (χ1v) is 11.8. The zero-order valence-electron chi connectivity index (χ0n) is 16.8. The van der Waals surface area contributed by atoms with Gasteiger partial charge in [-0.05, 0) is 60.0 Å². The molecule has 1 aromatic rings. The molecule has 166 valence electrons. The molecule has 0 bridgehead atoms. The lowest BCUT2D eigenvalue weighted by molar-refractivity contribution is -0.107. The van der Waals surface area contributed by atoms with Crippen molar-refractivity contribution < 1.29 is 24.9 Å². The van der Waals surface area contributed by atoms with Crippen molar-refractivity contribution in [3.63, 3.8) is 0 Å². The van der Waals surface area contributed by atoms with E-state index in [4.69, 9.17) is 5.73 Å². The summed E-state index contributed by atoms with van der Waals surface area (Å²) >= 11 is 4.75. The van der Waals surface area contributed by atoms with E-state index in [-0.39, 0.29) is 11.8 Å². The molecular weight excluding hydrogens is 470 g/mol. The number of amides is 1. The first-order valence-electron chi connectivity index (χ1n) is 10.2. The quantitative estimate of drug-likeness (QED) is 0.200. The van der Waals surface area contributed by atoms with Crippen molar-refractivity contribution >= 4 is 39.5 Å². The van der Waals surface area contributed by atoms with Crippen LogP contribution in [0.5, 0.6) is 0 Å². The SMILES string of the molecule is NC(=O)c1cc(CC[C@H](O)/C=C/[C@@H]2[C@@H](C/C=C\CCCC=O)[C@@H](O)C[C@H]2O)sc1Br. The van der Waals surface area contributed by atoms with Gasteiger partial charge in [0.2, 0.25) is 0 Å². The molecule has 8 heteroatoms. The van der Waals surface area contributed by atoms with Gasteiger partial charge in [-0.3, -0.25) is 4.79 Å². The molecular formula is C22H30BrNO5S. The molecule has 5 atom stereocenters. The Labute approximate surface area is 189 Å². The Hall–Kier alpha value is -1.32. The molecule has 30 heavy (non-hydrogen) atoms. The second-order valence-electron chi connectivity index (χ2n) is 7.67. The number of allylic oxidation sites excluding steroid dienone is 2. The molecule has 1 aromatic heterocycles. The van der Waals surface area contributed by atoms with Crippen LogP contribution in [-0.2, 0) is 11.2 Å². The van der Waals surface area contributed by atoms with Crippen LogP contribution >= 0.6 is 27.3 Å². The Balaban J connectivity index is 1.87. The number of primary amides is 1. The molecule has 0 spiro atoms. The fourth-order valence-corrected chi connectivity index (χ4v) is 5.58. The van der Waals surface area contributed by atoms with Crippen LogP contribution in [0, 0.1) is 11.8 Å². The highest BCUT2D eigenvalue weighted by Crippen LogP contribution is 2.36. The fourth-order valence-electron chi connectivity index (χ4n) is 3.75. The highest BCUT2D eigenvalue weighted by molar-refractivity contribution is 9.11. The monoisotopic (exact) mass is 499 g/mol. The maximum absolute atomic E-state index is 11.3. The average Bonchev–Trinajstić information content (AvgIpc) is 3.20. The van der Waals surface area contributed by atoms with Crippen molar-refractivity contribution in [2.75, 3.05) is 0 Å². The van der Waals surface area contributed by atoms with E-state index < -0.39 is 24.2 Å². The van der Waals surface area contributed by atoms with Crippen molar-refractivity contribution in [3.8, 4) is 0 Å². The van der Waals surface area contributed by atoms with Crippen LogP contribution < -0.4 is 5.73 Å². The van der Waals surface area contributed by atoms with Crippen molar-refractivity contribution in [2.45, 2.75) is 63.3 Å². The minimum atomic E-state index is -0.688. The summed E-state index contributed by atoms with van der Waals surface area (Å²) in [6, 6.07) is 1.74. The lowest BCUT2D eigenvalue weighted by Gasteiger charge is -2.19. The number of carbonyl (C=O) groups is 2. The van der Waals surface area contributed by atoms with E-state index >= 15 is 0 Å². The van der Waals surface area contributed by atoms with Gasteiger partial charge in [0.15, 0.2) is 0 Å². The highest BCUT2D eigenvalue weighted by atomic mass is 79.9. The van der Waals surface area contributed by atoms with E-state index in [1.807, 2.05) is 18.2 Å². The van der Waals surface area contributed by atoms with Gasteiger partial charge in [-0.1, -0.05) is 24.3 Å². The van der Waals surface area contributed by atoms with E-state index in [0.29, 0.717) is 41.5 Å². The minimum absolute atomic E-state index is 0.0999. The number of nitrogens with two attached hydrogens (primary N) is 1. The summed E-state index contributed by atoms with van der Waals surface area (Å²) in [7, 11) is 0. The fraction of sp³-hybridized carbons (Fsp3) is 0.545. The van der Waals surface area contributed by atoms with Crippen LogP contribution in [0.1, 0.15) is 53.8 Å². The van der Waals surface area contributed by atoms with E-state index in [0.717, 1.165) is 24.0 Å². The lowest BCUT2D eigenvalue weighted by Crippen LogP contribution is -2.20. The zero-order chi connectivity index (χ0) is 22.1. The van der Waals surface area contributed by atoms with Gasteiger partial charge in [0.05, 0.1) is 27.7 Å².